The summed E-state index contributed by atoms with van der Waals surface area (Å²) in [6.45, 7) is 6.61. The SMILES string of the molecule is CC(C)n1c(C2CCNCC2)nc2cccnc21. The average molecular weight is 244 g/mol. The Hall–Kier alpha value is -1.42. The van der Waals surface area contributed by atoms with Gasteiger partial charge in [-0.15, -0.1) is 0 Å². The number of piperidine rings is 1. The van der Waals surface area contributed by atoms with E-state index in [1.807, 2.05) is 12.3 Å². The summed E-state index contributed by atoms with van der Waals surface area (Å²) in [6, 6.07) is 4.44. The second-order valence-electron chi connectivity index (χ2n) is 5.30. The van der Waals surface area contributed by atoms with E-state index in [1.54, 1.807) is 0 Å². The first kappa shape index (κ1) is 11.7. The first-order valence-corrected chi connectivity index (χ1v) is 6.81. The van der Waals surface area contributed by atoms with Gasteiger partial charge in [-0.2, -0.15) is 0 Å². The summed E-state index contributed by atoms with van der Waals surface area (Å²) >= 11 is 0. The van der Waals surface area contributed by atoms with Gasteiger partial charge in [0, 0.05) is 18.2 Å². The Balaban J connectivity index is 2.11. The minimum Gasteiger partial charge on any atom is -0.317 e. The Bertz CT molecular complexity index is 538. The Morgan fingerprint density at radius 2 is 2.11 bits per heavy atom. The summed E-state index contributed by atoms with van der Waals surface area (Å²) in [5, 5.41) is 3.41. The van der Waals surface area contributed by atoms with Crippen molar-refractivity contribution in [3.8, 4) is 0 Å². The van der Waals surface area contributed by atoms with Crippen LogP contribution < -0.4 is 5.32 Å². The van der Waals surface area contributed by atoms with Crippen molar-refractivity contribution in [2.24, 2.45) is 0 Å². The fourth-order valence-corrected chi connectivity index (χ4v) is 2.82. The zero-order chi connectivity index (χ0) is 12.5. The third-order valence-corrected chi connectivity index (χ3v) is 3.70. The molecule has 0 amide bonds. The lowest BCUT2D eigenvalue weighted by Crippen LogP contribution is -2.28. The highest BCUT2D eigenvalue weighted by Crippen LogP contribution is 2.29. The smallest absolute Gasteiger partial charge is 0.160 e. The highest BCUT2D eigenvalue weighted by atomic mass is 15.1. The number of nitrogens with zero attached hydrogens (tertiary/aromatic N) is 3. The number of hydrogen-bond donors (Lipinski definition) is 1. The van der Waals surface area contributed by atoms with E-state index in [1.165, 1.54) is 18.7 Å². The van der Waals surface area contributed by atoms with Gasteiger partial charge >= 0.3 is 0 Å². The van der Waals surface area contributed by atoms with E-state index in [0.29, 0.717) is 12.0 Å². The third kappa shape index (κ3) is 1.90. The van der Waals surface area contributed by atoms with Gasteiger partial charge < -0.3 is 9.88 Å². The van der Waals surface area contributed by atoms with Gasteiger partial charge in [0.2, 0.25) is 0 Å². The molecule has 18 heavy (non-hydrogen) atoms. The van der Waals surface area contributed by atoms with Gasteiger partial charge in [-0.25, -0.2) is 9.97 Å². The predicted molar refractivity (Wildman–Crippen MR) is 72.8 cm³/mol. The Morgan fingerprint density at radius 3 is 2.83 bits per heavy atom. The van der Waals surface area contributed by atoms with Crippen LogP contribution in [0.3, 0.4) is 0 Å². The van der Waals surface area contributed by atoms with E-state index in [2.05, 4.69) is 34.8 Å². The van der Waals surface area contributed by atoms with Crippen LogP contribution in [0.15, 0.2) is 18.3 Å². The molecule has 0 aliphatic carbocycles. The van der Waals surface area contributed by atoms with Crippen molar-refractivity contribution in [3.05, 3.63) is 24.2 Å². The second-order valence-corrected chi connectivity index (χ2v) is 5.30. The van der Waals surface area contributed by atoms with E-state index < -0.39 is 0 Å². The number of imidazole rings is 1. The monoisotopic (exact) mass is 244 g/mol. The molecule has 0 unspecified atom stereocenters. The summed E-state index contributed by atoms with van der Waals surface area (Å²) in [7, 11) is 0. The van der Waals surface area contributed by atoms with Crippen LogP contribution in [-0.4, -0.2) is 27.6 Å². The van der Waals surface area contributed by atoms with Gasteiger partial charge in [-0.3, -0.25) is 0 Å². The fourth-order valence-electron chi connectivity index (χ4n) is 2.82. The number of aromatic nitrogens is 3. The second kappa shape index (κ2) is 4.69. The molecule has 2 aromatic rings. The number of fused-ring (bicyclic) bond motifs is 1. The zero-order valence-electron chi connectivity index (χ0n) is 11.1. The molecule has 0 saturated carbocycles. The average Bonchev–Trinajstić information content (AvgIpc) is 2.79. The lowest BCUT2D eigenvalue weighted by molar-refractivity contribution is 0.423. The van der Waals surface area contributed by atoms with Crippen molar-refractivity contribution in [2.45, 2.75) is 38.6 Å². The molecule has 0 spiro atoms. The van der Waals surface area contributed by atoms with Crippen molar-refractivity contribution < 1.29 is 0 Å². The molecule has 1 fully saturated rings. The van der Waals surface area contributed by atoms with Crippen LogP contribution in [0.1, 0.15) is 44.5 Å². The molecule has 0 bridgehead atoms. The van der Waals surface area contributed by atoms with E-state index in [4.69, 9.17) is 4.98 Å². The summed E-state index contributed by atoms with van der Waals surface area (Å²) < 4.78 is 2.31. The predicted octanol–water partition coefficient (Wildman–Crippen LogP) is 2.48. The van der Waals surface area contributed by atoms with Crippen molar-refractivity contribution in [1.29, 1.82) is 0 Å². The first-order chi connectivity index (χ1) is 8.77. The number of rotatable bonds is 2. The van der Waals surface area contributed by atoms with E-state index in [0.717, 1.165) is 24.3 Å². The quantitative estimate of drug-likeness (QED) is 0.882. The molecule has 1 aliphatic rings. The number of nitrogens with one attached hydrogen (secondary N) is 1. The first-order valence-electron chi connectivity index (χ1n) is 6.81. The van der Waals surface area contributed by atoms with E-state index in [-0.39, 0.29) is 0 Å². The maximum atomic E-state index is 4.83. The van der Waals surface area contributed by atoms with Gasteiger partial charge in [0.05, 0.1) is 0 Å². The molecule has 3 heterocycles. The fraction of sp³-hybridized carbons (Fsp3) is 0.571. The normalized spacial score (nSPS) is 17.7. The van der Waals surface area contributed by atoms with Gasteiger partial charge in [-0.05, 0) is 51.9 Å². The molecule has 96 valence electrons. The molecule has 2 aromatic heterocycles. The molecular weight excluding hydrogens is 224 g/mol. The lowest BCUT2D eigenvalue weighted by Gasteiger charge is -2.24. The largest absolute Gasteiger partial charge is 0.317 e. The third-order valence-electron chi connectivity index (χ3n) is 3.70. The maximum Gasteiger partial charge on any atom is 0.160 e. The van der Waals surface area contributed by atoms with Gasteiger partial charge in [-0.1, -0.05) is 0 Å². The van der Waals surface area contributed by atoms with Gasteiger partial charge in [0.1, 0.15) is 11.3 Å². The maximum absolute atomic E-state index is 4.83. The van der Waals surface area contributed by atoms with Crippen LogP contribution in [0.2, 0.25) is 0 Å². The van der Waals surface area contributed by atoms with Crippen LogP contribution in [0.4, 0.5) is 0 Å². The van der Waals surface area contributed by atoms with Crippen LogP contribution in [0.5, 0.6) is 0 Å². The minimum atomic E-state index is 0.412. The van der Waals surface area contributed by atoms with Crippen molar-refractivity contribution in [2.75, 3.05) is 13.1 Å². The Kier molecular flexibility index (Phi) is 3.04. The summed E-state index contributed by atoms with van der Waals surface area (Å²) in [6.07, 6.45) is 4.21. The topological polar surface area (TPSA) is 42.7 Å². The van der Waals surface area contributed by atoms with Crippen LogP contribution in [-0.2, 0) is 0 Å². The van der Waals surface area contributed by atoms with E-state index in [9.17, 15) is 0 Å². The lowest BCUT2D eigenvalue weighted by atomic mass is 9.97. The molecule has 4 nitrogen and oxygen atoms in total. The molecule has 0 radical (unpaired) electrons. The number of hydrogen-bond acceptors (Lipinski definition) is 3. The van der Waals surface area contributed by atoms with Gasteiger partial charge in [0.25, 0.3) is 0 Å². The van der Waals surface area contributed by atoms with Crippen molar-refractivity contribution >= 4 is 11.2 Å². The zero-order valence-corrected chi connectivity index (χ0v) is 11.1. The van der Waals surface area contributed by atoms with Crippen LogP contribution in [0, 0.1) is 0 Å². The minimum absolute atomic E-state index is 0.412. The molecule has 3 rings (SSSR count). The molecule has 0 atom stereocenters. The van der Waals surface area contributed by atoms with Crippen LogP contribution in [0.25, 0.3) is 11.2 Å². The summed E-state index contributed by atoms with van der Waals surface area (Å²) in [4.78, 5) is 9.33. The highest BCUT2D eigenvalue weighted by Gasteiger charge is 2.23. The Morgan fingerprint density at radius 1 is 1.33 bits per heavy atom. The summed E-state index contributed by atoms with van der Waals surface area (Å²) in [5.74, 6) is 1.79. The molecule has 4 heteroatoms. The van der Waals surface area contributed by atoms with Gasteiger partial charge in [0.15, 0.2) is 5.65 Å². The molecule has 1 N–H and O–H groups in total. The van der Waals surface area contributed by atoms with Crippen molar-refractivity contribution in [1.82, 2.24) is 19.9 Å². The molecule has 1 aliphatic heterocycles. The van der Waals surface area contributed by atoms with E-state index >= 15 is 0 Å². The van der Waals surface area contributed by atoms with Crippen LogP contribution >= 0.6 is 0 Å². The molecular formula is C14H20N4. The standard InChI is InChI=1S/C14H20N4/c1-10(2)18-13(11-5-8-15-9-6-11)17-12-4-3-7-16-14(12)18/h3-4,7,10-11,15H,5-6,8-9H2,1-2H3. The molecule has 1 saturated heterocycles. The van der Waals surface area contributed by atoms with Crippen molar-refractivity contribution in [3.63, 3.8) is 0 Å². The Labute approximate surface area is 107 Å². The highest BCUT2D eigenvalue weighted by molar-refractivity contribution is 5.71. The summed E-state index contributed by atoms with van der Waals surface area (Å²) in [5.41, 5.74) is 2.06. The number of pyridine rings is 1. The molecule has 0 aromatic carbocycles.